The average molecular weight is 386 g/mol. The molecule has 0 aliphatic heterocycles. The maximum Gasteiger partial charge on any atom is 0.361 e. The highest BCUT2D eigenvalue weighted by Gasteiger charge is 2.27. The van der Waals surface area contributed by atoms with Gasteiger partial charge in [0.1, 0.15) is 5.75 Å². The number of halogens is 1. The summed E-state index contributed by atoms with van der Waals surface area (Å²) in [6.07, 6.45) is 0. The molecule has 0 heterocycles. The van der Waals surface area contributed by atoms with Gasteiger partial charge in [-0.05, 0) is 49.2 Å². The highest BCUT2D eigenvalue weighted by molar-refractivity contribution is 7.62. The van der Waals surface area contributed by atoms with Crippen LogP contribution in [0.3, 0.4) is 0 Å². The number of hydrogen-bond donors (Lipinski definition) is 1. The summed E-state index contributed by atoms with van der Waals surface area (Å²) in [5.41, 5.74) is 8.14. The molecule has 0 saturated heterocycles. The summed E-state index contributed by atoms with van der Waals surface area (Å²) in [4.78, 5) is 0. The Labute approximate surface area is 155 Å². The smallest absolute Gasteiger partial charge is 0.361 e. The van der Waals surface area contributed by atoms with Gasteiger partial charge in [0.15, 0.2) is 0 Å². The second kappa shape index (κ2) is 9.95. The van der Waals surface area contributed by atoms with Gasteiger partial charge in [-0.15, -0.1) is 12.4 Å². The van der Waals surface area contributed by atoms with Crippen LogP contribution in [0.25, 0.3) is 0 Å². The highest BCUT2D eigenvalue weighted by atomic mass is 35.5. The molecule has 2 rings (SSSR count). The van der Waals surface area contributed by atoms with Crippen molar-refractivity contribution in [1.29, 1.82) is 0 Å². The molecular formula is C18H25ClNO4P. The van der Waals surface area contributed by atoms with Crippen molar-refractivity contribution in [2.75, 3.05) is 20.3 Å². The van der Waals surface area contributed by atoms with Crippen LogP contribution < -0.4 is 15.8 Å². The van der Waals surface area contributed by atoms with Gasteiger partial charge in [0.2, 0.25) is 0 Å². The van der Waals surface area contributed by atoms with Crippen LogP contribution in [0.2, 0.25) is 0 Å². The van der Waals surface area contributed by atoms with E-state index in [4.69, 9.17) is 19.5 Å². The molecule has 0 saturated carbocycles. The predicted molar refractivity (Wildman–Crippen MR) is 103 cm³/mol. The lowest BCUT2D eigenvalue weighted by Crippen LogP contribution is -2.16. The van der Waals surface area contributed by atoms with Crippen LogP contribution in [-0.4, -0.2) is 20.3 Å². The van der Waals surface area contributed by atoms with Gasteiger partial charge in [0, 0.05) is 0 Å². The largest absolute Gasteiger partial charge is 0.497 e. The van der Waals surface area contributed by atoms with E-state index in [0.29, 0.717) is 18.5 Å². The molecule has 0 aromatic heterocycles. The normalized spacial score (nSPS) is 12.3. The third kappa shape index (κ3) is 5.30. The molecule has 7 heteroatoms. The average Bonchev–Trinajstić information content (AvgIpc) is 2.62. The van der Waals surface area contributed by atoms with Gasteiger partial charge in [0.25, 0.3) is 0 Å². The van der Waals surface area contributed by atoms with Crippen molar-refractivity contribution in [2.45, 2.75) is 19.9 Å². The van der Waals surface area contributed by atoms with Crippen molar-refractivity contribution in [3.63, 3.8) is 0 Å². The fraction of sp³-hybridized carbons (Fsp3) is 0.333. The first-order valence-corrected chi connectivity index (χ1v) is 9.47. The molecule has 1 atom stereocenters. The fourth-order valence-electron chi connectivity index (χ4n) is 2.42. The molecule has 2 N–H and O–H groups in total. The lowest BCUT2D eigenvalue weighted by Gasteiger charge is -2.19. The Morgan fingerprint density at radius 2 is 1.60 bits per heavy atom. The summed E-state index contributed by atoms with van der Waals surface area (Å²) in [6.45, 7) is 4.20. The summed E-state index contributed by atoms with van der Waals surface area (Å²) in [6, 6.07) is 14.5. The van der Waals surface area contributed by atoms with Crippen LogP contribution in [-0.2, 0) is 13.6 Å². The first-order chi connectivity index (χ1) is 11.5. The third-order valence-corrected chi connectivity index (χ3v) is 5.73. The van der Waals surface area contributed by atoms with Gasteiger partial charge >= 0.3 is 7.60 Å². The summed E-state index contributed by atoms with van der Waals surface area (Å²) in [5.74, 6) is 0.775. The number of benzene rings is 2. The molecule has 2 aromatic rings. The van der Waals surface area contributed by atoms with Gasteiger partial charge in [-0.3, -0.25) is 4.57 Å². The maximum absolute atomic E-state index is 12.9. The Balaban J connectivity index is 0.00000312. The van der Waals surface area contributed by atoms with Crippen LogP contribution in [0.5, 0.6) is 5.75 Å². The monoisotopic (exact) mass is 385 g/mol. The zero-order valence-corrected chi connectivity index (χ0v) is 16.4. The van der Waals surface area contributed by atoms with Crippen LogP contribution in [0.15, 0.2) is 48.5 Å². The number of rotatable bonds is 8. The van der Waals surface area contributed by atoms with E-state index < -0.39 is 7.60 Å². The Morgan fingerprint density at radius 3 is 2.12 bits per heavy atom. The van der Waals surface area contributed by atoms with Crippen LogP contribution >= 0.6 is 20.0 Å². The third-order valence-electron chi connectivity index (χ3n) is 3.62. The molecule has 0 radical (unpaired) electrons. The second-order valence-corrected chi connectivity index (χ2v) is 7.21. The van der Waals surface area contributed by atoms with Crippen molar-refractivity contribution in [3.8, 4) is 5.75 Å². The van der Waals surface area contributed by atoms with Crippen LogP contribution in [0.1, 0.15) is 31.0 Å². The van der Waals surface area contributed by atoms with Crippen LogP contribution in [0, 0.1) is 0 Å². The minimum absolute atomic E-state index is 0. The molecule has 2 aromatic carbocycles. The minimum Gasteiger partial charge on any atom is -0.497 e. The topological polar surface area (TPSA) is 70.8 Å². The maximum atomic E-state index is 12.9. The van der Waals surface area contributed by atoms with Gasteiger partial charge in [-0.2, -0.15) is 0 Å². The molecule has 0 amide bonds. The standard InChI is InChI=1S/C18H24NO4P.ClH/c1-4-22-24(20,23-5-2)17-8-6-7-15(13-17)18(19)14-9-11-16(21-3)12-10-14;/h6-13,18H,4-5,19H2,1-3H3;1H. The van der Waals surface area contributed by atoms with Gasteiger partial charge in [-0.1, -0.05) is 24.3 Å². The van der Waals surface area contributed by atoms with E-state index in [2.05, 4.69) is 0 Å². The summed E-state index contributed by atoms with van der Waals surface area (Å²) in [5, 5.41) is 0.521. The quantitative estimate of drug-likeness (QED) is 0.694. The van der Waals surface area contributed by atoms with E-state index in [-0.39, 0.29) is 18.4 Å². The summed E-state index contributed by atoms with van der Waals surface area (Å²) >= 11 is 0. The second-order valence-electron chi connectivity index (χ2n) is 5.18. The zero-order chi connectivity index (χ0) is 17.6. The molecule has 0 spiro atoms. The van der Waals surface area contributed by atoms with Crippen molar-refractivity contribution in [1.82, 2.24) is 0 Å². The lowest BCUT2D eigenvalue weighted by molar-refractivity contribution is 0.230. The van der Waals surface area contributed by atoms with E-state index in [1.807, 2.05) is 36.4 Å². The highest BCUT2D eigenvalue weighted by Crippen LogP contribution is 2.47. The molecular weight excluding hydrogens is 361 g/mol. The van der Waals surface area contributed by atoms with Crippen molar-refractivity contribution in [2.24, 2.45) is 5.73 Å². The Morgan fingerprint density at radius 1 is 1.00 bits per heavy atom. The number of hydrogen-bond acceptors (Lipinski definition) is 5. The molecule has 1 unspecified atom stereocenters. The van der Waals surface area contributed by atoms with Crippen LogP contribution in [0.4, 0.5) is 0 Å². The SMILES string of the molecule is CCOP(=O)(OCC)c1cccc(C(N)c2ccc(OC)cc2)c1.Cl. The molecule has 0 aliphatic carbocycles. The molecule has 0 fully saturated rings. The minimum atomic E-state index is -3.32. The molecule has 0 aliphatic rings. The number of nitrogens with two attached hydrogens (primary N) is 1. The van der Waals surface area contributed by atoms with Gasteiger partial charge < -0.3 is 19.5 Å². The number of methoxy groups -OCH3 is 1. The lowest BCUT2D eigenvalue weighted by atomic mass is 10.00. The summed E-state index contributed by atoms with van der Waals surface area (Å²) < 4.78 is 28.9. The summed E-state index contributed by atoms with van der Waals surface area (Å²) in [7, 11) is -1.70. The predicted octanol–water partition coefficient (Wildman–Crippen LogP) is 4.06. The Kier molecular flexibility index (Phi) is 8.63. The number of ether oxygens (including phenoxy) is 1. The zero-order valence-electron chi connectivity index (χ0n) is 14.7. The van der Waals surface area contributed by atoms with Crippen molar-refractivity contribution >= 4 is 25.3 Å². The van der Waals surface area contributed by atoms with Gasteiger partial charge in [0.05, 0.1) is 31.7 Å². The Bertz CT molecular complexity index is 698. The molecule has 138 valence electrons. The Hall–Kier alpha value is -1.36. The van der Waals surface area contributed by atoms with Crippen molar-refractivity contribution < 1.29 is 18.3 Å². The molecule has 5 nitrogen and oxygen atoms in total. The van der Waals surface area contributed by atoms with E-state index in [1.165, 1.54) is 0 Å². The van der Waals surface area contributed by atoms with E-state index >= 15 is 0 Å². The van der Waals surface area contributed by atoms with E-state index in [1.54, 1.807) is 33.1 Å². The fourth-order valence-corrected chi connectivity index (χ4v) is 4.05. The first kappa shape index (κ1) is 21.7. The van der Waals surface area contributed by atoms with Gasteiger partial charge in [-0.25, -0.2) is 0 Å². The first-order valence-electron chi connectivity index (χ1n) is 7.93. The van der Waals surface area contributed by atoms with Crippen molar-refractivity contribution in [3.05, 3.63) is 59.7 Å². The molecule has 25 heavy (non-hydrogen) atoms. The van der Waals surface area contributed by atoms with E-state index in [9.17, 15) is 4.57 Å². The molecule has 0 bridgehead atoms. The van der Waals surface area contributed by atoms with E-state index in [0.717, 1.165) is 16.9 Å².